The summed E-state index contributed by atoms with van der Waals surface area (Å²) in [4.78, 5) is 23.7. The average Bonchev–Trinajstić information content (AvgIpc) is 2.65. The molecule has 0 aromatic heterocycles. The molecule has 0 spiro atoms. The molecule has 0 bridgehead atoms. The van der Waals surface area contributed by atoms with Gasteiger partial charge < -0.3 is 10.1 Å². The van der Waals surface area contributed by atoms with Gasteiger partial charge in [0.1, 0.15) is 12.4 Å². The minimum absolute atomic E-state index is 0.211. The lowest BCUT2D eigenvalue weighted by molar-refractivity contribution is -0.120. The summed E-state index contributed by atoms with van der Waals surface area (Å²) in [6, 6.07) is 13.7. The highest BCUT2D eigenvalue weighted by molar-refractivity contribution is 6.30. The summed E-state index contributed by atoms with van der Waals surface area (Å²) >= 11 is 5.83. The number of rotatable bonds is 8. The molecule has 6 nitrogen and oxygen atoms in total. The third kappa shape index (κ3) is 6.07. The molecule has 134 valence electrons. The first-order valence-corrected chi connectivity index (χ1v) is 8.16. The molecule has 0 radical (unpaired) electrons. The summed E-state index contributed by atoms with van der Waals surface area (Å²) in [7, 11) is 0. The van der Waals surface area contributed by atoms with Crippen molar-refractivity contribution in [2.45, 2.75) is 0 Å². The summed E-state index contributed by atoms with van der Waals surface area (Å²) in [5, 5.41) is 6.82. The summed E-state index contributed by atoms with van der Waals surface area (Å²) < 4.78 is 5.49. The smallest absolute Gasteiger partial charge is 0.259 e. The summed E-state index contributed by atoms with van der Waals surface area (Å²) in [5.74, 6) is -0.226. The molecule has 0 atom stereocenters. The number of nitrogens with zero attached hydrogens (tertiary/aromatic N) is 1. The predicted molar refractivity (Wildman–Crippen MR) is 102 cm³/mol. The minimum atomic E-state index is -0.457. The van der Waals surface area contributed by atoms with E-state index in [0.29, 0.717) is 28.5 Å². The fraction of sp³-hybridized carbons (Fsp3) is 0.105. The molecule has 2 aromatic rings. The highest BCUT2D eigenvalue weighted by Gasteiger charge is 2.08. The van der Waals surface area contributed by atoms with Crippen LogP contribution in [0.5, 0.6) is 5.75 Å². The van der Waals surface area contributed by atoms with Crippen LogP contribution in [0.2, 0.25) is 5.02 Å². The molecule has 0 heterocycles. The maximum atomic E-state index is 11.9. The van der Waals surface area contributed by atoms with Crippen LogP contribution in [0.15, 0.2) is 66.3 Å². The van der Waals surface area contributed by atoms with Gasteiger partial charge in [0.05, 0.1) is 12.8 Å². The van der Waals surface area contributed by atoms with E-state index in [1.165, 1.54) is 12.3 Å². The van der Waals surface area contributed by atoms with Crippen LogP contribution in [0, 0.1) is 0 Å². The zero-order valence-electron chi connectivity index (χ0n) is 13.9. The maximum Gasteiger partial charge on any atom is 0.259 e. The summed E-state index contributed by atoms with van der Waals surface area (Å²) in [5.41, 5.74) is 3.43. The Labute approximate surface area is 156 Å². The van der Waals surface area contributed by atoms with Crippen molar-refractivity contribution in [2.24, 2.45) is 5.10 Å². The third-order valence-corrected chi connectivity index (χ3v) is 3.40. The predicted octanol–water partition coefficient (Wildman–Crippen LogP) is 2.78. The van der Waals surface area contributed by atoms with Gasteiger partial charge in [-0.1, -0.05) is 42.5 Å². The maximum absolute atomic E-state index is 11.9. The van der Waals surface area contributed by atoms with E-state index < -0.39 is 11.8 Å². The summed E-state index contributed by atoms with van der Waals surface area (Å²) in [6.45, 7) is 3.75. The van der Waals surface area contributed by atoms with E-state index in [2.05, 4.69) is 22.4 Å². The number of hydrogen-bond donors (Lipinski definition) is 2. The van der Waals surface area contributed by atoms with Crippen LogP contribution < -0.4 is 15.5 Å². The van der Waals surface area contributed by atoms with Gasteiger partial charge in [0.15, 0.2) is 0 Å². The molecule has 0 unspecified atom stereocenters. The molecule has 0 saturated heterocycles. The van der Waals surface area contributed by atoms with E-state index in [-0.39, 0.29) is 6.54 Å². The Morgan fingerprint density at radius 2 is 2.00 bits per heavy atom. The van der Waals surface area contributed by atoms with Crippen LogP contribution in [0.1, 0.15) is 15.9 Å². The van der Waals surface area contributed by atoms with E-state index in [4.69, 9.17) is 16.3 Å². The number of ether oxygens (including phenoxy) is 1. The zero-order valence-corrected chi connectivity index (χ0v) is 14.7. The molecule has 0 aliphatic carbocycles. The van der Waals surface area contributed by atoms with E-state index in [9.17, 15) is 9.59 Å². The average molecular weight is 372 g/mol. The minimum Gasteiger partial charge on any atom is -0.489 e. The number of hydrogen-bond acceptors (Lipinski definition) is 4. The largest absolute Gasteiger partial charge is 0.489 e. The van der Waals surface area contributed by atoms with Gasteiger partial charge in [-0.3, -0.25) is 9.59 Å². The van der Waals surface area contributed by atoms with Crippen molar-refractivity contribution >= 4 is 29.6 Å². The number of benzene rings is 2. The molecule has 2 rings (SSSR count). The van der Waals surface area contributed by atoms with Gasteiger partial charge in [-0.05, 0) is 30.3 Å². The Morgan fingerprint density at radius 1 is 1.19 bits per heavy atom. The van der Waals surface area contributed by atoms with Gasteiger partial charge in [-0.2, -0.15) is 5.10 Å². The van der Waals surface area contributed by atoms with Crippen LogP contribution in [-0.4, -0.2) is 31.2 Å². The quantitative estimate of drug-likeness (QED) is 0.425. The van der Waals surface area contributed by atoms with Crippen LogP contribution >= 0.6 is 11.6 Å². The standard InChI is InChI=1S/C19H18ClN3O3/c1-2-10-26-17-9-4-3-6-15(17)12-22-23-18(24)13-21-19(25)14-7-5-8-16(20)11-14/h2-9,11-12H,1,10,13H2,(H,21,25)(H,23,24)/b22-12+. The molecule has 26 heavy (non-hydrogen) atoms. The fourth-order valence-electron chi connectivity index (χ4n) is 1.97. The van der Waals surface area contributed by atoms with Crippen molar-refractivity contribution in [3.63, 3.8) is 0 Å². The number of amides is 2. The molecular formula is C19H18ClN3O3. The van der Waals surface area contributed by atoms with E-state index in [1.807, 2.05) is 12.1 Å². The van der Waals surface area contributed by atoms with Crippen molar-refractivity contribution in [3.8, 4) is 5.75 Å². The van der Waals surface area contributed by atoms with Crippen molar-refractivity contribution < 1.29 is 14.3 Å². The Kier molecular flexibility index (Phi) is 7.39. The Hall–Kier alpha value is -3.12. The normalized spacial score (nSPS) is 10.3. The highest BCUT2D eigenvalue weighted by Crippen LogP contribution is 2.15. The first kappa shape index (κ1) is 19.2. The van der Waals surface area contributed by atoms with Crippen molar-refractivity contribution in [1.82, 2.24) is 10.7 Å². The SMILES string of the molecule is C=CCOc1ccccc1/C=N/NC(=O)CNC(=O)c1cccc(Cl)c1. The molecule has 2 amide bonds. The first-order valence-electron chi connectivity index (χ1n) is 7.78. The van der Waals surface area contributed by atoms with Gasteiger partial charge >= 0.3 is 0 Å². The highest BCUT2D eigenvalue weighted by atomic mass is 35.5. The van der Waals surface area contributed by atoms with Crippen LogP contribution in [-0.2, 0) is 4.79 Å². The lowest BCUT2D eigenvalue weighted by atomic mass is 10.2. The number of carbonyl (C=O) groups is 2. The molecule has 2 aromatic carbocycles. The zero-order chi connectivity index (χ0) is 18.8. The third-order valence-electron chi connectivity index (χ3n) is 3.16. The molecule has 0 saturated carbocycles. The lowest BCUT2D eigenvalue weighted by Gasteiger charge is -2.06. The molecule has 2 N–H and O–H groups in total. The van der Waals surface area contributed by atoms with E-state index in [0.717, 1.165) is 0 Å². The second-order valence-corrected chi connectivity index (χ2v) is 5.56. The Balaban J connectivity index is 1.84. The number of halogens is 1. The second kappa shape index (κ2) is 10.0. The molecule has 0 aliphatic heterocycles. The molecule has 0 aliphatic rings. The van der Waals surface area contributed by atoms with Gasteiger partial charge in [-0.15, -0.1) is 0 Å². The Morgan fingerprint density at radius 3 is 2.77 bits per heavy atom. The van der Waals surface area contributed by atoms with Gasteiger partial charge in [0.25, 0.3) is 11.8 Å². The van der Waals surface area contributed by atoms with Crippen LogP contribution in [0.3, 0.4) is 0 Å². The second-order valence-electron chi connectivity index (χ2n) is 5.12. The topological polar surface area (TPSA) is 79.8 Å². The fourth-order valence-corrected chi connectivity index (χ4v) is 2.16. The van der Waals surface area contributed by atoms with Crippen molar-refractivity contribution in [3.05, 3.63) is 77.3 Å². The molecular weight excluding hydrogens is 354 g/mol. The van der Waals surface area contributed by atoms with Gasteiger partial charge in [-0.25, -0.2) is 5.43 Å². The van der Waals surface area contributed by atoms with Crippen LogP contribution in [0.25, 0.3) is 0 Å². The molecule has 7 heteroatoms. The first-order chi connectivity index (χ1) is 12.6. The van der Waals surface area contributed by atoms with E-state index in [1.54, 1.807) is 36.4 Å². The summed E-state index contributed by atoms with van der Waals surface area (Å²) in [6.07, 6.45) is 3.10. The number of para-hydroxylation sites is 1. The molecule has 0 fully saturated rings. The van der Waals surface area contributed by atoms with Crippen molar-refractivity contribution in [1.29, 1.82) is 0 Å². The Bertz CT molecular complexity index is 821. The number of hydrazone groups is 1. The monoisotopic (exact) mass is 371 g/mol. The number of nitrogens with one attached hydrogen (secondary N) is 2. The van der Waals surface area contributed by atoms with Crippen molar-refractivity contribution in [2.75, 3.05) is 13.2 Å². The van der Waals surface area contributed by atoms with Gasteiger partial charge in [0, 0.05) is 16.1 Å². The van der Waals surface area contributed by atoms with Gasteiger partial charge in [0.2, 0.25) is 0 Å². The lowest BCUT2D eigenvalue weighted by Crippen LogP contribution is -2.34. The van der Waals surface area contributed by atoms with E-state index >= 15 is 0 Å². The number of carbonyl (C=O) groups excluding carboxylic acids is 2. The van der Waals surface area contributed by atoms with Crippen LogP contribution in [0.4, 0.5) is 0 Å².